The molecule has 0 aromatic rings. The van der Waals surface area contributed by atoms with E-state index in [0.717, 1.165) is 0 Å². The normalized spacial score (nSPS) is 9.90. The van der Waals surface area contributed by atoms with Crippen molar-refractivity contribution in [3.05, 3.63) is 11.1 Å². The largest absolute Gasteiger partial charge is 0.369 e. The molecule has 0 atom stereocenters. The molecule has 0 bridgehead atoms. The topological polar surface area (TPSA) is 32.7 Å². The van der Waals surface area contributed by atoms with E-state index in [1.165, 1.54) is 6.34 Å². The van der Waals surface area contributed by atoms with Crippen LogP contribution in [0.2, 0.25) is 0 Å². The molecule has 4 heteroatoms. The second kappa shape index (κ2) is 4.22. The van der Waals surface area contributed by atoms with E-state index in [1.807, 2.05) is 0 Å². The van der Waals surface area contributed by atoms with Gasteiger partial charge in [0.2, 0.25) is 0 Å². The van der Waals surface area contributed by atoms with Crippen molar-refractivity contribution < 1.29 is 4.79 Å². The van der Waals surface area contributed by atoms with E-state index < -0.39 is 0 Å². The van der Waals surface area contributed by atoms with Gasteiger partial charge in [0.05, 0.1) is 10.8 Å². The molecule has 0 aliphatic carbocycles. The van der Waals surface area contributed by atoms with Crippen LogP contribution in [0.25, 0.3) is 0 Å². The van der Waals surface area contributed by atoms with Crippen LogP contribution >= 0.6 is 15.9 Å². The van der Waals surface area contributed by atoms with Crippen molar-refractivity contribution >= 4 is 28.2 Å². The van der Waals surface area contributed by atoms with Gasteiger partial charge in [-0.25, -0.2) is 0 Å². The second-order valence-corrected chi connectivity index (χ2v) is 2.88. The van der Waals surface area contributed by atoms with E-state index in [0.29, 0.717) is 0 Å². The Morgan fingerprint density at radius 3 is 2.50 bits per heavy atom. The number of rotatable bonds is 2. The van der Waals surface area contributed by atoms with Crippen molar-refractivity contribution in [1.29, 1.82) is 0 Å². The second-order valence-electron chi connectivity index (χ2n) is 1.92. The van der Waals surface area contributed by atoms with Gasteiger partial charge in [0.15, 0.2) is 0 Å². The third-order valence-electron chi connectivity index (χ3n) is 0.638. The van der Waals surface area contributed by atoms with E-state index in [-0.39, 0.29) is 10.4 Å². The Balaban J connectivity index is 3.91. The summed E-state index contributed by atoms with van der Waals surface area (Å²) in [6, 6.07) is 0. The molecule has 0 saturated heterocycles. The molecular formula is C6H9BrN2O. The number of carbonyl (C=O) groups excluding carboxylic acids is 1. The summed E-state index contributed by atoms with van der Waals surface area (Å²) in [6.07, 6.45) is 1.43. The van der Waals surface area contributed by atoms with Gasteiger partial charge >= 0.3 is 0 Å². The minimum Gasteiger partial charge on any atom is -0.369 e. The summed E-state index contributed by atoms with van der Waals surface area (Å²) in [5, 5.41) is 0. The number of amides is 1. The fraction of sp³-hybridized carbons (Fsp3) is 0.333. The Kier molecular flexibility index (Phi) is 3.95. The first kappa shape index (κ1) is 9.36. The van der Waals surface area contributed by atoms with E-state index in [9.17, 15) is 4.79 Å². The molecule has 0 unspecified atom stereocenters. The van der Waals surface area contributed by atoms with Crippen molar-refractivity contribution in [2.75, 3.05) is 14.1 Å². The molecule has 0 fully saturated rings. The molecule has 0 radical (unpaired) electrons. The first-order valence-corrected chi connectivity index (χ1v) is 3.42. The molecule has 0 aromatic heterocycles. The molecule has 0 aliphatic heterocycles. The number of nitrogens with zero attached hydrogens (tertiary/aromatic N) is 2. The van der Waals surface area contributed by atoms with E-state index >= 15 is 0 Å². The Morgan fingerprint density at radius 1 is 1.70 bits per heavy atom. The smallest absolute Gasteiger partial charge is 0.284 e. The zero-order chi connectivity index (χ0) is 8.15. The summed E-state index contributed by atoms with van der Waals surface area (Å²) in [5.74, 6) is -0.353. The Bertz CT molecular complexity index is 175. The molecule has 3 nitrogen and oxygen atoms in total. The number of halogens is 1. The lowest BCUT2D eigenvalue weighted by Crippen LogP contribution is -2.09. The van der Waals surface area contributed by atoms with Crippen LogP contribution in [-0.4, -0.2) is 31.2 Å². The number of hydrogen-bond donors (Lipinski definition) is 0. The highest BCUT2D eigenvalue weighted by atomic mass is 79.9. The maximum absolute atomic E-state index is 10.7. The summed E-state index contributed by atoms with van der Waals surface area (Å²) in [6.45, 7) is 3.37. The van der Waals surface area contributed by atoms with Crippen LogP contribution in [0.3, 0.4) is 0 Å². The van der Waals surface area contributed by atoms with E-state index in [4.69, 9.17) is 0 Å². The fourth-order valence-corrected chi connectivity index (χ4v) is 0.340. The summed E-state index contributed by atoms with van der Waals surface area (Å²) in [4.78, 5) is 15.9. The van der Waals surface area contributed by atoms with Crippen LogP contribution in [0.4, 0.5) is 0 Å². The minimum absolute atomic E-state index is 0.269. The van der Waals surface area contributed by atoms with Gasteiger partial charge in [-0.3, -0.25) is 4.79 Å². The SMILES string of the molecule is C=C(Br)C(=O)/N=C/N(C)C. The zero-order valence-corrected chi connectivity index (χ0v) is 7.55. The van der Waals surface area contributed by atoms with Crippen molar-refractivity contribution in [2.24, 2.45) is 4.99 Å². The maximum Gasteiger partial charge on any atom is 0.284 e. The van der Waals surface area contributed by atoms with Gasteiger partial charge in [-0.1, -0.05) is 6.58 Å². The van der Waals surface area contributed by atoms with Crippen LogP contribution in [-0.2, 0) is 4.79 Å². The van der Waals surface area contributed by atoms with Crippen LogP contribution in [0.15, 0.2) is 16.1 Å². The molecule has 56 valence electrons. The Labute approximate surface area is 68.6 Å². The average molecular weight is 205 g/mol. The third kappa shape index (κ3) is 4.26. The predicted molar refractivity (Wildman–Crippen MR) is 45.3 cm³/mol. The van der Waals surface area contributed by atoms with Gasteiger partial charge in [-0.2, -0.15) is 4.99 Å². The van der Waals surface area contributed by atoms with Crippen molar-refractivity contribution in [3.63, 3.8) is 0 Å². The van der Waals surface area contributed by atoms with Crippen molar-refractivity contribution in [1.82, 2.24) is 4.90 Å². The highest BCUT2D eigenvalue weighted by Crippen LogP contribution is 2.01. The number of aliphatic imine (C=N–C) groups is 1. The predicted octanol–water partition coefficient (Wildman–Crippen LogP) is 1.01. The van der Waals surface area contributed by atoms with Gasteiger partial charge in [0, 0.05) is 14.1 Å². The Morgan fingerprint density at radius 2 is 2.20 bits per heavy atom. The first-order chi connectivity index (χ1) is 4.54. The Hall–Kier alpha value is -0.640. The summed E-state index contributed by atoms with van der Waals surface area (Å²) >= 11 is 2.91. The lowest BCUT2D eigenvalue weighted by molar-refractivity contribution is -0.113. The molecule has 0 saturated carbocycles. The van der Waals surface area contributed by atoms with Crippen LogP contribution < -0.4 is 0 Å². The number of carbonyl (C=O) groups is 1. The van der Waals surface area contributed by atoms with Crippen molar-refractivity contribution in [3.8, 4) is 0 Å². The molecule has 10 heavy (non-hydrogen) atoms. The van der Waals surface area contributed by atoms with E-state index in [2.05, 4.69) is 27.5 Å². The molecule has 1 amide bonds. The standard InChI is InChI=1S/C6H9BrN2O/c1-5(7)6(10)8-4-9(2)3/h4H,1H2,2-3H3/b8-4+. The van der Waals surface area contributed by atoms with Gasteiger partial charge < -0.3 is 4.90 Å². The third-order valence-corrected chi connectivity index (χ3v) is 0.977. The molecule has 0 N–H and O–H groups in total. The first-order valence-electron chi connectivity index (χ1n) is 2.63. The van der Waals surface area contributed by atoms with Gasteiger partial charge in [-0.05, 0) is 15.9 Å². The van der Waals surface area contributed by atoms with Crippen molar-refractivity contribution in [2.45, 2.75) is 0 Å². The molecule has 0 heterocycles. The monoisotopic (exact) mass is 204 g/mol. The van der Waals surface area contributed by atoms with Crippen LogP contribution in [0, 0.1) is 0 Å². The molecule has 0 aromatic carbocycles. The average Bonchev–Trinajstić information content (AvgIpc) is 1.82. The molecular weight excluding hydrogens is 196 g/mol. The molecule has 0 rings (SSSR count). The van der Waals surface area contributed by atoms with Crippen LogP contribution in [0.5, 0.6) is 0 Å². The summed E-state index contributed by atoms with van der Waals surface area (Å²) in [7, 11) is 3.57. The minimum atomic E-state index is -0.353. The van der Waals surface area contributed by atoms with Crippen LogP contribution in [0.1, 0.15) is 0 Å². The van der Waals surface area contributed by atoms with E-state index in [1.54, 1.807) is 19.0 Å². The van der Waals surface area contributed by atoms with Gasteiger partial charge in [0.25, 0.3) is 5.91 Å². The lowest BCUT2D eigenvalue weighted by Gasteiger charge is -2.00. The zero-order valence-electron chi connectivity index (χ0n) is 5.97. The molecule has 0 spiro atoms. The molecule has 0 aliphatic rings. The number of hydrogen-bond acceptors (Lipinski definition) is 1. The summed E-state index contributed by atoms with van der Waals surface area (Å²) < 4.78 is 0.269. The quantitative estimate of drug-likeness (QED) is 0.383. The lowest BCUT2D eigenvalue weighted by atomic mass is 10.6. The summed E-state index contributed by atoms with van der Waals surface area (Å²) in [5.41, 5.74) is 0. The van der Waals surface area contributed by atoms with Gasteiger partial charge in [0.1, 0.15) is 0 Å². The highest BCUT2D eigenvalue weighted by Gasteiger charge is 1.97. The fourth-order valence-electron chi connectivity index (χ4n) is 0.238. The van der Waals surface area contributed by atoms with Gasteiger partial charge in [-0.15, -0.1) is 0 Å². The highest BCUT2D eigenvalue weighted by molar-refractivity contribution is 9.12. The maximum atomic E-state index is 10.7.